The molecule has 0 amide bonds. The molecule has 15 heavy (non-hydrogen) atoms. The van der Waals surface area contributed by atoms with E-state index in [1.54, 1.807) is 6.07 Å². The molecule has 6 nitrogen and oxygen atoms in total. The fourth-order valence-electron chi connectivity index (χ4n) is 1.20. The van der Waals surface area contributed by atoms with Crippen molar-refractivity contribution in [2.24, 2.45) is 5.73 Å². The van der Waals surface area contributed by atoms with Crippen LogP contribution in [0.2, 0.25) is 0 Å². The Kier molecular flexibility index (Phi) is 3.21. The molecule has 1 aromatic carbocycles. The molecule has 0 aliphatic rings. The highest BCUT2D eigenvalue weighted by Gasteiger charge is 2.17. The lowest BCUT2D eigenvalue weighted by atomic mass is 10.1. The largest absolute Gasteiger partial charge is 0.496 e. The van der Waals surface area contributed by atoms with Gasteiger partial charge in [0.25, 0.3) is 5.69 Å². The van der Waals surface area contributed by atoms with Crippen LogP contribution in [0.25, 0.3) is 0 Å². The summed E-state index contributed by atoms with van der Waals surface area (Å²) in [5.41, 5.74) is 5.70. The second-order valence-electron chi connectivity index (χ2n) is 2.75. The maximum absolute atomic E-state index is 10.6. The quantitative estimate of drug-likeness (QED) is 0.586. The molecule has 78 valence electrons. The van der Waals surface area contributed by atoms with E-state index < -0.39 is 4.92 Å². The normalized spacial score (nSPS) is 9.40. The maximum Gasteiger partial charge on any atom is 0.290 e. The number of hydrogen-bond acceptors (Lipinski definition) is 5. The second-order valence-corrected chi connectivity index (χ2v) is 2.75. The van der Waals surface area contributed by atoms with Gasteiger partial charge in [0.15, 0.2) is 0 Å². The standard InChI is InChI=1S/C9H9N3O3/c1-15-9-3-8(12(13)14)6(4-10)2-7(9)5-11/h2-3H,5,11H2,1H3. The number of nitrogens with zero attached hydrogens (tertiary/aromatic N) is 2. The molecular formula is C9H9N3O3. The molecule has 0 atom stereocenters. The van der Waals surface area contributed by atoms with Crippen LogP contribution < -0.4 is 10.5 Å². The Morgan fingerprint density at radius 2 is 2.33 bits per heavy atom. The van der Waals surface area contributed by atoms with Gasteiger partial charge in [0.05, 0.1) is 18.1 Å². The van der Waals surface area contributed by atoms with Crippen molar-refractivity contribution in [3.8, 4) is 11.8 Å². The zero-order valence-electron chi connectivity index (χ0n) is 8.06. The van der Waals surface area contributed by atoms with Crippen LogP contribution >= 0.6 is 0 Å². The van der Waals surface area contributed by atoms with Gasteiger partial charge < -0.3 is 10.5 Å². The molecule has 0 unspecified atom stereocenters. The van der Waals surface area contributed by atoms with Crippen molar-refractivity contribution in [1.29, 1.82) is 5.26 Å². The number of rotatable bonds is 3. The van der Waals surface area contributed by atoms with Crippen molar-refractivity contribution in [3.63, 3.8) is 0 Å². The van der Waals surface area contributed by atoms with E-state index in [0.717, 1.165) is 0 Å². The Labute approximate surface area is 86.0 Å². The lowest BCUT2D eigenvalue weighted by Crippen LogP contribution is -2.02. The summed E-state index contributed by atoms with van der Waals surface area (Å²) >= 11 is 0. The van der Waals surface area contributed by atoms with E-state index in [0.29, 0.717) is 11.3 Å². The third kappa shape index (κ3) is 2.03. The third-order valence-corrected chi connectivity index (χ3v) is 1.94. The van der Waals surface area contributed by atoms with Crippen LogP contribution in [-0.2, 0) is 6.54 Å². The number of hydrogen-bond donors (Lipinski definition) is 1. The van der Waals surface area contributed by atoms with Crippen LogP contribution in [0.1, 0.15) is 11.1 Å². The van der Waals surface area contributed by atoms with Gasteiger partial charge in [-0.15, -0.1) is 0 Å². The molecule has 1 rings (SSSR count). The Morgan fingerprint density at radius 3 is 2.73 bits per heavy atom. The Bertz CT molecular complexity index is 437. The minimum atomic E-state index is -0.624. The zero-order chi connectivity index (χ0) is 11.4. The smallest absolute Gasteiger partial charge is 0.290 e. The van der Waals surface area contributed by atoms with Gasteiger partial charge in [0, 0.05) is 12.1 Å². The minimum absolute atomic E-state index is 0.0127. The molecule has 0 radical (unpaired) electrons. The SMILES string of the molecule is COc1cc([N+](=O)[O-])c(C#N)cc1CN. The number of nitro groups is 1. The van der Waals surface area contributed by atoms with Gasteiger partial charge in [-0.2, -0.15) is 5.26 Å². The van der Waals surface area contributed by atoms with E-state index in [1.807, 2.05) is 0 Å². The predicted molar refractivity (Wildman–Crippen MR) is 52.3 cm³/mol. The van der Waals surface area contributed by atoms with Gasteiger partial charge >= 0.3 is 0 Å². The summed E-state index contributed by atoms with van der Waals surface area (Å²) in [4.78, 5) is 9.99. The number of nitrogens with two attached hydrogens (primary N) is 1. The fourth-order valence-corrected chi connectivity index (χ4v) is 1.20. The van der Waals surface area contributed by atoms with E-state index in [1.165, 1.54) is 19.2 Å². The summed E-state index contributed by atoms with van der Waals surface area (Å²) in [6.07, 6.45) is 0. The summed E-state index contributed by atoms with van der Waals surface area (Å²) in [5.74, 6) is 0.322. The van der Waals surface area contributed by atoms with Crippen LogP contribution in [0.3, 0.4) is 0 Å². The fraction of sp³-hybridized carbons (Fsp3) is 0.222. The van der Waals surface area contributed by atoms with E-state index in [-0.39, 0.29) is 17.8 Å². The van der Waals surface area contributed by atoms with Gasteiger partial charge in [-0.25, -0.2) is 0 Å². The number of benzene rings is 1. The highest BCUT2D eigenvalue weighted by Crippen LogP contribution is 2.28. The number of ether oxygens (including phenoxy) is 1. The molecule has 0 saturated heterocycles. The first-order chi connectivity index (χ1) is 7.13. The van der Waals surface area contributed by atoms with Gasteiger partial charge in [-0.3, -0.25) is 10.1 Å². The molecule has 1 aromatic rings. The molecule has 0 aliphatic carbocycles. The first-order valence-corrected chi connectivity index (χ1v) is 4.09. The van der Waals surface area contributed by atoms with Crippen LogP contribution in [0, 0.1) is 21.4 Å². The Hall–Kier alpha value is -2.13. The van der Waals surface area contributed by atoms with E-state index in [2.05, 4.69) is 0 Å². The summed E-state index contributed by atoms with van der Waals surface area (Å²) in [5, 5.41) is 19.3. The van der Waals surface area contributed by atoms with Crippen molar-refractivity contribution in [2.75, 3.05) is 7.11 Å². The van der Waals surface area contributed by atoms with Crippen molar-refractivity contribution >= 4 is 5.69 Å². The van der Waals surface area contributed by atoms with Crippen molar-refractivity contribution < 1.29 is 9.66 Å². The minimum Gasteiger partial charge on any atom is -0.496 e. The topological polar surface area (TPSA) is 102 Å². The zero-order valence-corrected chi connectivity index (χ0v) is 8.06. The summed E-state index contributed by atoms with van der Waals surface area (Å²) < 4.78 is 4.93. The second kappa shape index (κ2) is 4.39. The first kappa shape index (κ1) is 10.9. The third-order valence-electron chi connectivity index (χ3n) is 1.94. The van der Waals surface area contributed by atoms with Crippen molar-refractivity contribution in [1.82, 2.24) is 0 Å². The molecule has 2 N–H and O–H groups in total. The lowest BCUT2D eigenvalue weighted by Gasteiger charge is -2.06. The van der Waals surface area contributed by atoms with Crippen molar-refractivity contribution in [3.05, 3.63) is 33.4 Å². The summed E-state index contributed by atoms with van der Waals surface area (Å²) in [7, 11) is 1.39. The van der Waals surface area contributed by atoms with Gasteiger partial charge in [-0.1, -0.05) is 0 Å². The Balaban J connectivity index is 3.42. The van der Waals surface area contributed by atoms with Gasteiger partial charge in [0.1, 0.15) is 17.4 Å². The van der Waals surface area contributed by atoms with E-state index in [4.69, 9.17) is 15.7 Å². The van der Waals surface area contributed by atoms with Crippen LogP contribution in [0.5, 0.6) is 5.75 Å². The molecular weight excluding hydrogens is 198 g/mol. The molecule has 0 aromatic heterocycles. The molecule has 6 heteroatoms. The van der Waals surface area contributed by atoms with Gasteiger partial charge in [0.2, 0.25) is 0 Å². The maximum atomic E-state index is 10.6. The van der Waals surface area contributed by atoms with Crippen molar-refractivity contribution in [2.45, 2.75) is 6.54 Å². The molecule has 0 fully saturated rings. The number of nitro benzene ring substituents is 1. The van der Waals surface area contributed by atoms with Gasteiger partial charge in [-0.05, 0) is 6.07 Å². The van der Waals surface area contributed by atoms with Crippen LogP contribution in [0.4, 0.5) is 5.69 Å². The van der Waals surface area contributed by atoms with E-state index in [9.17, 15) is 10.1 Å². The van der Waals surface area contributed by atoms with Crippen LogP contribution in [-0.4, -0.2) is 12.0 Å². The first-order valence-electron chi connectivity index (χ1n) is 4.09. The summed E-state index contributed by atoms with van der Waals surface area (Å²) in [6.45, 7) is 0.163. The van der Waals surface area contributed by atoms with Crippen LogP contribution in [0.15, 0.2) is 12.1 Å². The number of methoxy groups -OCH3 is 1. The monoisotopic (exact) mass is 207 g/mol. The average molecular weight is 207 g/mol. The molecule has 0 saturated carbocycles. The lowest BCUT2D eigenvalue weighted by molar-refractivity contribution is -0.385. The molecule has 0 bridgehead atoms. The molecule has 0 aliphatic heterocycles. The average Bonchev–Trinajstić information content (AvgIpc) is 2.26. The molecule has 0 spiro atoms. The number of nitriles is 1. The highest BCUT2D eigenvalue weighted by molar-refractivity contribution is 5.55. The summed E-state index contributed by atoms with van der Waals surface area (Å²) in [6, 6.07) is 4.33. The van der Waals surface area contributed by atoms with E-state index >= 15 is 0 Å². The predicted octanol–water partition coefficient (Wildman–Crippen LogP) is 0.934. The molecule has 0 heterocycles. The highest BCUT2D eigenvalue weighted by atomic mass is 16.6. The Morgan fingerprint density at radius 1 is 1.67 bits per heavy atom.